The first-order chi connectivity index (χ1) is 7.11. The summed E-state index contributed by atoms with van der Waals surface area (Å²) in [7, 11) is 0. The highest BCUT2D eigenvalue weighted by molar-refractivity contribution is 5.92. The quantitative estimate of drug-likeness (QED) is 0.624. The van der Waals surface area contributed by atoms with Gasteiger partial charge in [-0.2, -0.15) is 0 Å². The number of carbonyl (C=O) groups excluding carboxylic acids is 1. The molecule has 0 aromatic heterocycles. The first-order valence-electron chi connectivity index (χ1n) is 5.69. The van der Waals surface area contributed by atoms with Gasteiger partial charge in [0.1, 0.15) is 6.61 Å². The predicted octanol–water partition coefficient (Wildman–Crippen LogP) is 1.90. The van der Waals surface area contributed by atoms with E-state index in [1.807, 2.05) is 27.7 Å². The van der Waals surface area contributed by atoms with Crippen molar-refractivity contribution in [2.45, 2.75) is 40.2 Å². The summed E-state index contributed by atoms with van der Waals surface area (Å²) in [6.45, 7) is 8.31. The van der Waals surface area contributed by atoms with Crippen LogP contribution in [0.5, 0.6) is 0 Å². The van der Waals surface area contributed by atoms with Crippen molar-refractivity contribution in [2.75, 3.05) is 6.61 Å². The van der Waals surface area contributed by atoms with Crippen molar-refractivity contribution in [3.8, 4) is 0 Å². The number of aliphatic hydroxyl groups excluding tert-OH is 1. The second-order valence-electron chi connectivity index (χ2n) is 4.01. The molecule has 0 aromatic carbocycles. The fraction of sp³-hybridized carbons (Fsp3) is 0.750. The number of hydrogen-bond acceptors (Lipinski definition) is 3. The van der Waals surface area contributed by atoms with E-state index in [1.165, 1.54) is 0 Å². The third-order valence-corrected chi connectivity index (χ3v) is 3.14. The van der Waals surface area contributed by atoms with Crippen LogP contribution in [0.25, 0.3) is 0 Å². The topological polar surface area (TPSA) is 46.5 Å². The van der Waals surface area contributed by atoms with Crippen LogP contribution in [0.1, 0.15) is 34.1 Å². The molecular weight excluding hydrogens is 192 g/mol. The van der Waals surface area contributed by atoms with Crippen LogP contribution < -0.4 is 0 Å². The summed E-state index contributed by atoms with van der Waals surface area (Å²) in [5, 5.41) is 9.68. The molecule has 2 rings (SSSR count). The van der Waals surface area contributed by atoms with Crippen molar-refractivity contribution in [2.24, 2.45) is 11.8 Å². The van der Waals surface area contributed by atoms with Gasteiger partial charge in [0.2, 0.25) is 0 Å². The summed E-state index contributed by atoms with van der Waals surface area (Å²) in [5.74, 6) is 0.0510. The zero-order chi connectivity index (χ0) is 11.6. The molecule has 1 aliphatic carbocycles. The Labute approximate surface area is 91.1 Å². The smallest absolute Gasteiger partial charge is 0.334 e. The molecule has 0 saturated carbocycles. The summed E-state index contributed by atoms with van der Waals surface area (Å²) in [4.78, 5) is 11.3. The van der Waals surface area contributed by atoms with Crippen molar-refractivity contribution in [1.29, 1.82) is 0 Å². The van der Waals surface area contributed by atoms with Crippen LogP contribution in [0.2, 0.25) is 0 Å². The number of carbonyl (C=O) groups is 1. The molecule has 3 heteroatoms. The highest BCUT2D eigenvalue weighted by atomic mass is 16.5. The number of rotatable bonds is 0. The largest absolute Gasteiger partial charge is 0.458 e. The highest BCUT2D eigenvalue weighted by Crippen LogP contribution is 2.38. The monoisotopic (exact) mass is 212 g/mol. The molecular formula is C12H20O3. The summed E-state index contributed by atoms with van der Waals surface area (Å²) in [6, 6.07) is 0. The molecule has 1 heterocycles. The first-order valence-corrected chi connectivity index (χ1v) is 5.69. The molecule has 0 spiro atoms. The van der Waals surface area contributed by atoms with Crippen molar-refractivity contribution in [1.82, 2.24) is 0 Å². The zero-order valence-electron chi connectivity index (χ0n) is 9.91. The standard InChI is InChI=1S/C10H14O3.C2H6/c1-5-3-8(11)6(2)7-4-13-10(12)9(5)7;1-2/h5-6,8,11H,3-4H2,1-2H3;1-2H3. The van der Waals surface area contributed by atoms with E-state index in [2.05, 4.69) is 0 Å². The summed E-state index contributed by atoms with van der Waals surface area (Å²) in [6.07, 6.45) is 0.359. The van der Waals surface area contributed by atoms with E-state index >= 15 is 0 Å². The Kier molecular flexibility index (Phi) is 3.91. The van der Waals surface area contributed by atoms with Gasteiger partial charge in [-0.25, -0.2) is 4.79 Å². The van der Waals surface area contributed by atoms with E-state index in [9.17, 15) is 9.90 Å². The Morgan fingerprint density at radius 3 is 2.53 bits per heavy atom. The van der Waals surface area contributed by atoms with Gasteiger partial charge < -0.3 is 9.84 Å². The van der Waals surface area contributed by atoms with Crippen LogP contribution in [0, 0.1) is 11.8 Å². The van der Waals surface area contributed by atoms with Crippen molar-refractivity contribution in [3.05, 3.63) is 11.1 Å². The third kappa shape index (κ3) is 2.07. The van der Waals surface area contributed by atoms with Gasteiger partial charge in [-0.1, -0.05) is 27.7 Å². The average molecular weight is 212 g/mol. The van der Waals surface area contributed by atoms with Gasteiger partial charge in [-0.3, -0.25) is 0 Å². The van der Waals surface area contributed by atoms with E-state index in [-0.39, 0.29) is 23.9 Å². The van der Waals surface area contributed by atoms with E-state index < -0.39 is 0 Å². The maximum atomic E-state index is 11.3. The van der Waals surface area contributed by atoms with Crippen LogP contribution in [0.3, 0.4) is 0 Å². The first kappa shape index (κ1) is 12.2. The van der Waals surface area contributed by atoms with Crippen molar-refractivity contribution >= 4 is 5.97 Å². The van der Waals surface area contributed by atoms with E-state index in [0.29, 0.717) is 13.0 Å². The molecule has 1 N–H and O–H groups in total. The Hall–Kier alpha value is -0.830. The van der Waals surface area contributed by atoms with E-state index in [1.54, 1.807) is 0 Å². The predicted molar refractivity (Wildman–Crippen MR) is 58.3 cm³/mol. The van der Waals surface area contributed by atoms with Crippen molar-refractivity contribution < 1.29 is 14.6 Å². The molecule has 0 amide bonds. The van der Waals surface area contributed by atoms with Gasteiger partial charge in [-0.05, 0) is 17.9 Å². The molecule has 3 nitrogen and oxygen atoms in total. The van der Waals surface area contributed by atoms with Gasteiger partial charge >= 0.3 is 5.97 Å². The van der Waals surface area contributed by atoms with Crippen LogP contribution in [-0.2, 0) is 9.53 Å². The van der Waals surface area contributed by atoms with E-state index in [4.69, 9.17) is 4.74 Å². The fourth-order valence-corrected chi connectivity index (χ4v) is 2.24. The normalized spacial score (nSPS) is 34.2. The summed E-state index contributed by atoms with van der Waals surface area (Å²) >= 11 is 0. The van der Waals surface area contributed by atoms with Gasteiger partial charge in [0, 0.05) is 11.5 Å². The molecule has 86 valence electrons. The lowest BCUT2D eigenvalue weighted by Crippen LogP contribution is -2.29. The molecule has 15 heavy (non-hydrogen) atoms. The third-order valence-electron chi connectivity index (χ3n) is 3.14. The molecule has 1 aliphatic heterocycles. The molecule has 0 fully saturated rings. The lowest BCUT2D eigenvalue weighted by Gasteiger charge is -2.28. The Bertz CT molecular complexity index is 281. The van der Waals surface area contributed by atoms with Gasteiger partial charge in [0.15, 0.2) is 0 Å². The Morgan fingerprint density at radius 2 is 1.93 bits per heavy atom. The molecule has 3 unspecified atom stereocenters. The fourth-order valence-electron chi connectivity index (χ4n) is 2.24. The zero-order valence-corrected chi connectivity index (χ0v) is 9.91. The molecule has 0 radical (unpaired) electrons. The molecule has 0 aromatic rings. The number of ether oxygens (including phenoxy) is 1. The Morgan fingerprint density at radius 1 is 1.33 bits per heavy atom. The Balaban J connectivity index is 0.000000531. The minimum Gasteiger partial charge on any atom is -0.458 e. The number of cyclic esters (lactones) is 1. The molecule has 0 bridgehead atoms. The van der Waals surface area contributed by atoms with Gasteiger partial charge in [0.05, 0.1) is 6.10 Å². The lowest BCUT2D eigenvalue weighted by atomic mass is 9.77. The molecule has 3 atom stereocenters. The molecule has 2 aliphatic rings. The number of aliphatic hydroxyl groups is 1. The molecule has 0 saturated heterocycles. The minimum absolute atomic E-state index is 0.0812. The number of hydrogen-bond donors (Lipinski definition) is 1. The number of esters is 1. The summed E-state index contributed by atoms with van der Waals surface area (Å²) < 4.78 is 4.96. The van der Waals surface area contributed by atoms with Crippen LogP contribution in [0.15, 0.2) is 11.1 Å². The average Bonchev–Trinajstić information content (AvgIpc) is 2.61. The summed E-state index contributed by atoms with van der Waals surface area (Å²) in [5.41, 5.74) is 1.83. The maximum Gasteiger partial charge on any atom is 0.334 e. The van der Waals surface area contributed by atoms with Gasteiger partial charge in [0.25, 0.3) is 0 Å². The van der Waals surface area contributed by atoms with Crippen LogP contribution in [-0.4, -0.2) is 23.8 Å². The van der Waals surface area contributed by atoms with Crippen LogP contribution >= 0.6 is 0 Å². The minimum atomic E-state index is -0.316. The highest BCUT2D eigenvalue weighted by Gasteiger charge is 2.39. The SMILES string of the molecule is CC.CC1CC(O)C(C)C2=C1C(=O)OC2. The van der Waals surface area contributed by atoms with Crippen LogP contribution in [0.4, 0.5) is 0 Å². The second kappa shape index (κ2) is 4.79. The second-order valence-corrected chi connectivity index (χ2v) is 4.01. The van der Waals surface area contributed by atoms with Crippen molar-refractivity contribution in [3.63, 3.8) is 0 Å². The lowest BCUT2D eigenvalue weighted by molar-refractivity contribution is -0.136. The maximum absolute atomic E-state index is 11.3. The van der Waals surface area contributed by atoms with E-state index in [0.717, 1.165) is 11.1 Å². The van der Waals surface area contributed by atoms with Gasteiger partial charge in [-0.15, -0.1) is 0 Å².